The Balaban J connectivity index is 2.30. The van der Waals surface area contributed by atoms with Crippen LogP contribution in [0.15, 0.2) is 30.3 Å². The second kappa shape index (κ2) is 5.74. The van der Waals surface area contributed by atoms with Crippen LogP contribution in [0, 0.1) is 16.0 Å². The minimum atomic E-state index is -0.620. The molecule has 1 saturated carbocycles. The molecule has 0 bridgehead atoms. The number of rotatable bonds is 4. The van der Waals surface area contributed by atoms with Crippen molar-refractivity contribution in [1.82, 2.24) is 0 Å². The molecule has 1 aliphatic rings. The molecule has 98 valence electrons. The highest BCUT2D eigenvalue weighted by Crippen LogP contribution is 2.44. The minimum absolute atomic E-state index is 0.0925. The van der Waals surface area contributed by atoms with E-state index in [4.69, 9.17) is 12.6 Å². The Morgan fingerprint density at radius 3 is 2.39 bits per heavy atom. The van der Waals surface area contributed by atoms with Crippen molar-refractivity contribution in [3.05, 3.63) is 46.0 Å². The van der Waals surface area contributed by atoms with E-state index < -0.39 is 4.75 Å². The third kappa shape index (κ3) is 2.86. The van der Waals surface area contributed by atoms with Crippen LogP contribution in [0.25, 0.3) is 0 Å². The lowest BCUT2D eigenvalue weighted by Crippen LogP contribution is -2.38. The van der Waals surface area contributed by atoms with Crippen LogP contribution in [0.1, 0.15) is 37.7 Å². The fourth-order valence-corrected chi connectivity index (χ4v) is 3.48. The molecule has 0 saturated heterocycles. The molecule has 0 aromatic heterocycles. The maximum atomic E-state index is 11.0. The largest absolute Gasteiger partial charge is 0.264 e. The smallest absolute Gasteiger partial charge is 0.222 e. The topological polar surface area (TPSA) is 43.1 Å². The summed E-state index contributed by atoms with van der Waals surface area (Å²) in [5, 5.41) is 11.0. The fourth-order valence-electron chi connectivity index (χ4n) is 2.96. The first-order chi connectivity index (χ1) is 8.63. The first kappa shape index (κ1) is 13.4. The van der Waals surface area contributed by atoms with Crippen LogP contribution in [-0.2, 0) is 4.75 Å². The van der Waals surface area contributed by atoms with Crippen molar-refractivity contribution in [2.75, 3.05) is 6.54 Å². The van der Waals surface area contributed by atoms with E-state index in [1.807, 2.05) is 30.3 Å². The Morgan fingerprint density at radius 1 is 1.22 bits per heavy atom. The van der Waals surface area contributed by atoms with E-state index in [0.717, 1.165) is 31.2 Å². The molecule has 0 heterocycles. The maximum absolute atomic E-state index is 11.0. The highest BCUT2D eigenvalue weighted by Gasteiger charge is 2.41. The van der Waals surface area contributed by atoms with Crippen molar-refractivity contribution in [1.29, 1.82) is 0 Å². The van der Waals surface area contributed by atoms with E-state index in [1.165, 1.54) is 6.42 Å². The summed E-state index contributed by atoms with van der Waals surface area (Å²) in [7, 11) is 0. The van der Waals surface area contributed by atoms with Gasteiger partial charge in [0.05, 0.1) is 0 Å². The van der Waals surface area contributed by atoms with Crippen LogP contribution in [0.2, 0.25) is 0 Å². The average Bonchev–Trinajstić information content (AvgIpc) is 2.40. The molecule has 18 heavy (non-hydrogen) atoms. The van der Waals surface area contributed by atoms with Crippen LogP contribution in [-0.4, -0.2) is 11.5 Å². The second-order valence-corrected chi connectivity index (χ2v) is 5.91. The number of benzene rings is 1. The van der Waals surface area contributed by atoms with Gasteiger partial charge in [-0.1, -0.05) is 49.6 Å². The van der Waals surface area contributed by atoms with Crippen molar-refractivity contribution in [2.45, 2.75) is 36.9 Å². The van der Waals surface area contributed by atoms with Crippen molar-refractivity contribution in [3.8, 4) is 0 Å². The summed E-state index contributed by atoms with van der Waals surface area (Å²) in [5.74, 6) is 0.308. The van der Waals surface area contributed by atoms with Crippen molar-refractivity contribution < 1.29 is 4.92 Å². The predicted molar refractivity (Wildman–Crippen MR) is 75.5 cm³/mol. The molecule has 1 fully saturated rings. The van der Waals surface area contributed by atoms with Crippen molar-refractivity contribution in [3.63, 3.8) is 0 Å². The molecule has 2 rings (SSSR count). The molecule has 1 atom stereocenters. The number of thiol groups is 1. The fraction of sp³-hybridized carbons (Fsp3) is 0.571. The van der Waals surface area contributed by atoms with E-state index in [-0.39, 0.29) is 11.5 Å². The van der Waals surface area contributed by atoms with Gasteiger partial charge in [-0.3, -0.25) is 10.1 Å². The Hall–Kier alpha value is -1.03. The molecule has 1 aliphatic carbocycles. The Morgan fingerprint density at radius 2 is 1.83 bits per heavy atom. The van der Waals surface area contributed by atoms with Gasteiger partial charge < -0.3 is 0 Å². The molecule has 1 aromatic carbocycles. The van der Waals surface area contributed by atoms with Gasteiger partial charge in [0.2, 0.25) is 6.54 Å². The van der Waals surface area contributed by atoms with Crippen LogP contribution in [0.5, 0.6) is 0 Å². The summed E-state index contributed by atoms with van der Waals surface area (Å²) in [6.45, 7) is -0.0925. The number of nitrogens with zero attached hydrogens (tertiary/aromatic N) is 1. The molecule has 0 amide bonds. The number of hydrogen-bond acceptors (Lipinski definition) is 3. The van der Waals surface area contributed by atoms with Crippen molar-refractivity contribution >= 4 is 12.6 Å². The normalized spacial score (nSPS) is 20.3. The van der Waals surface area contributed by atoms with Gasteiger partial charge in [-0.15, -0.1) is 0 Å². The van der Waals surface area contributed by atoms with Gasteiger partial charge >= 0.3 is 0 Å². The minimum Gasteiger partial charge on any atom is -0.264 e. The highest BCUT2D eigenvalue weighted by atomic mass is 32.1. The summed E-state index contributed by atoms with van der Waals surface area (Å²) in [6, 6.07) is 9.73. The summed E-state index contributed by atoms with van der Waals surface area (Å²) >= 11 is 4.75. The molecule has 0 aliphatic heterocycles. The molecule has 1 aromatic rings. The van der Waals surface area contributed by atoms with E-state index >= 15 is 0 Å². The highest BCUT2D eigenvalue weighted by molar-refractivity contribution is 7.81. The lowest BCUT2D eigenvalue weighted by Gasteiger charge is -2.36. The SMILES string of the molecule is O=[N+]([O-])CC(S)(c1ccccc1)C1CCCCC1. The second-order valence-electron chi connectivity index (χ2n) is 5.12. The molecule has 0 spiro atoms. The van der Waals surface area contributed by atoms with Gasteiger partial charge in [-0.05, 0) is 24.3 Å². The first-order valence-corrected chi connectivity index (χ1v) is 6.97. The van der Waals surface area contributed by atoms with Gasteiger partial charge in [-0.25, -0.2) is 0 Å². The lowest BCUT2D eigenvalue weighted by atomic mass is 9.76. The average molecular weight is 265 g/mol. The Kier molecular flexibility index (Phi) is 4.27. The van der Waals surface area contributed by atoms with Gasteiger partial charge in [0, 0.05) is 4.92 Å². The summed E-state index contributed by atoms with van der Waals surface area (Å²) < 4.78 is -0.620. The van der Waals surface area contributed by atoms with E-state index in [1.54, 1.807) is 0 Å². The van der Waals surface area contributed by atoms with Crippen molar-refractivity contribution in [2.24, 2.45) is 5.92 Å². The Bertz CT molecular complexity index is 404. The van der Waals surface area contributed by atoms with Gasteiger partial charge in [-0.2, -0.15) is 12.6 Å². The van der Waals surface area contributed by atoms with E-state index in [0.29, 0.717) is 5.92 Å². The number of nitro groups is 1. The molecule has 3 nitrogen and oxygen atoms in total. The zero-order valence-corrected chi connectivity index (χ0v) is 11.3. The predicted octanol–water partition coefficient (Wildman–Crippen LogP) is 3.67. The molecule has 1 unspecified atom stereocenters. The monoisotopic (exact) mass is 265 g/mol. The zero-order chi connectivity index (χ0) is 13.0. The van der Waals surface area contributed by atoms with Crippen LogP contribution < -0.4 is 0 Å². The third-order valence-electron chi connectivity index (χ3n) is 3.92. The molecule has 4 heteroatoms. The quantitative estimate of drug-likeness (QED) is 0.513. The van der Waals surface area contributed by atoms with Gasteiger partial charge in [0.15, 0.2) is 0 Å². The number of hydrogen-bond donors (Lipinski definition) is 1. The van der Waals surface area contributed by atoms with Crippen LogP contribution >= 0.6 is 12.6 Å². The summed E-state index contributed by atoms with van der Waals surface area (Å²) in [6.07, 6.45) is 5.67. The summed E-state index contributed by atoms with van der Waals surface area (Å²) in [5.41, 5.74) is 0.983. The third-order valence-corrected chi connectivity index (χ3v) is 4.69. The van der Waals surface area contributed by atoms with Crippen LogP contribution in [0.4, 0.5) is 0 Å². The summed E-state index contributed by atoms with van der Waals surface area (Å²) in [4.78, 5) is 10.8. The standard InChI is InChI=1S/C14H19NO2S/c16-15(17)11-14(18,12-7-3-1-4-8-12)13-9-5-2-6-10-13/h1,3-4,7-8,13,18H,2,5-6,9-11H2. The Labute approximate surface area is 113 Å². The lowest BCUT2D eigenvalue weighted by molar-refractivity contribution is -0.487. The molecule has 0 radical (unpaired) electrons. The molecular weight excluding hydrogens is 246 g/mol. The molecule has 0 N–H and O–H groups in total. The van der Waals surface area contributed by atoms with Gasteiger partial charge in [0.1, 0.15) is 4.75 Å². The van der Waals surface area contributed by atoms with E-state index in [2.05, 4.69) is 0 Å². The molecular formula is C14H19NO2S. The van der Waals surface area contributed by atoms with E-state index in [9.17, 15) is 10.1 Å². The zero-order valence-electron chi connectivity index (χ0n) is 10.4. The van der Waals surface area contributed by atoms with Gasteiger partial charge in [0.25, 0.3) is 0 Å². The maximum Gasteiger partial charge on any atom is 0.222 e. The first-order valence-electron chi connectivity index (χ1n) is 6.52. The van der Waals surface area contributed by atoms with Crippen LogP contribution in [0.3, 0.4) is 0 Å².